The Morgan fingerprint density at radius 1 is 1.12 bits per heavy atom. The van der Waals surface area contributed by atoms with Crippen molar-refractivity contribution in [2.45, 2.75) is 0 Å². The minimum atomic E-state index is -0.483. The first-order chi connectivity index (χ1) is 8.22. The zero-order valence-electron chi connectivity index (χ0n) is 9.31. The van der Waals surface area contributed by atoms with Crippen molar-refractivity contribution in [3.8, 4) is 16.9 Å². The third-order valence-corrected chi connectivity index (χ3v) is 2.73. The Kier molecular flexibility index (Phi) is 3.45. The van der Waals surface area contributed by atoms with Crippen molar-refractivity contribution in [3.05, 3.63) is 54.1 Å². The van der Waals surface area contributed by atoms with Crippen LogP contribution in [0.15, 0.2) is 48.5 Å². The summed E-state index contributed by atoms with van der Waals surface area (Å²) in [6.45, 7) is 0. The monoisotopic (exact) mass is 246 g/mol. The quantitative estimate of drug-likeness (QED) is 0.771. The molecule has 0 aliphatic heterocycles. The minimum absolute atomic E-state index is 0.434. The summed E-state index contributed by atoms with van der Waals surface area (Å²) in [4.78, 5) is 11.1. The number of halogens is 1. The van der Waals surface area contributed by atoms with Gasteiger partial charge in [0.1, 0.15) is 5.75 Å². The van der Waals surface area contributed by atoms with E-state index in [0.29, 0.717) is 11.3 Å². The summed E-state index contributed by atoms with van der Waals surface area (Å²) in [5, 5.41) is -0.483. The van der Waals surface area contributed by atoms with Gasteiger partial charge in [0.05, 0.1) is 7.11 Å². The van der Waals surface area contributed by atoms with Crippen molar-refractivity contribution in [1.29, 1.82) is 0 Å². The number of carbonyl (C=O) groups excluding carboxylic acids is 1. The Morgan fingerprint density at radius 2 is 1.82 bits per heavy atom. The van der Waals surface area contributed by atoms with Crippen molar-refractivity contribution in [2.24, 2.45) is 0 Å². The third kappa shape index (κ3) is 2.48. The van der Waals surface area contributed by atoms with E-state index < -0.39 is 5.24 Å². The molecule has 0 heterocycles. The number of benzene rings is 2. The molecule has 0 N–H and O–H groups in total. The predicted octanol–water partition coefficient (Wildman–Crippen LogP) is 3.74. The second-order valence-corrected chi connectivity index (χ2v) is 3.90. The van der Waals surface area contributed by atoms with E-state index in [1.165, 1.54) is 0 Å². The van der Waals surface area contributed by atoms with Gasteiger partial charge in [-0.05, 0) is 35.4 Å². The van der Waals surface area contributed by atoms with E-state index in [1.807, 2.05) is 36.4 Å². The van der Waals surface area contributed by atoms with E-state index in [-0.39, 0.29) is 0 Å². The number of hydrogen-bond acceptors (Lipinski definition) is 2. The average molecular weight is 247 g/mol. The van der Waals surface area contributed by atoms with Crippen LogP contribution in [0, 0.1) is 0 Å². The van der Waals surface area contributed by atoms with Gasteiger partial charge in [0, 0.05) is 11.1 Å². The molecule has 0 spiro atoms. The van der Waals surface area contributed by atoms with E-state index in [0.717, 1.165) is 11.1 Å². The van der Waals surface area contributed by atoms with Crippen LogP contribution >= 0.6 is 11.6 Å². The van der Waals surface area contributed by atoms with Crippen LogP contribution in [0.4, 0.5) is 0 Å². The van der Waals surface area contributed by atoms with E-state index in [4.69, 9.17) is 16.3 Å². The normalized spacial score (nSPS) is 10.0. The third-order valence-electron chi connectivity index (χ3n) is 2.51. The van der Waals surface area contributed by atoms with Crippen LogP contribution in [0.25, 0.3) is 11.1 Å². The molecule has 17 heavy (non-hydrogen) atoms. The van der Waals surface area contributed by atoms with Crippen LogP contribution in [0.3, 0.4) is 0 Å². The first-order valence-electron chi connectivity index (χ1n) is 5.15. The Labute approximate surface area is 105 Å². The molecule has 0 saturated carbocycles. The second kappa shape index (κ2) is 5.02. The van der Waals surface area contributed by atoms with Gasteiger partial charge in [-0.25, -0.2) is 0 Å². The van der Waals surface area contributed by atoms with Gasteiger partial charge in [-0.1, -0.05) is 30.3 Å². The molecule has 0 aliphatic rings. The maximum Gasteiger partial charge on any atom is 0.252 e. The van der Waals surface area contributed by atoms with Crippen molar-refractivity contribution < 1.29 is 9.53 Å². The molecule has 0 amide bonds. The summed E-state index contributed by atoms with van der Waals surface area (Å²) in [6, 6.07) is 15.0. The summed E-state index contributed by atoms with van der Waals surface area (Å²) in [6.07, 6.45) is 0. The van der Waals surface area contributed by atoms with Crippen LogP contribution in [-0.4, -0.2) is 12.4 Å². The molecular weight excluding hydrogens is 236 g/mol. The van der Waals surface area contributed by atoms with Crippen LogP contribution < -0.4 is 4.74 Å². The number of rotatable bonds is 3. The van der Waals surface area contributed by atoms with Crippen LogP contribution in [0.2, 0.25) is 0 Å². The van der Waals surface area contributed by atoms with Crippen LogP contribution in [0.5, 0.6) is 5.75 Å². The fourth-order valence-electron chi connectivity index (χ4n) is 1.67. The van der Waals surface area contributed by atoms with E-state index in [1.54, 1.807) is 19.2 Å². The van der Waals surface area contributed by atoms with E-state index in [9.17, 15) is 4.79 Å². The maximum atomic E-state index is 11.1. The van der Waals surface area contributed by atoms with E-state index in [2.05, 4.69) is 0 Å². The standard InChI is InChI=1S/C14H11ClO2/c1-17-13-9-11(14(15)16)7-8-12(13)10-5-3-2-4-6-10/h2-9H,1H3. The van der Waals surface area contributed by atoms with Gasteiger partial charge in [0.2, 0.25) is 0 Å². The van der Waals surface area contributed by atoms with E-state index >= 15 is 0 Å². The second-order valence-electron chi connectivity index (χ2n) is 3.55. The lowest BCUT2D eigenvalue weighted by molar-refractivity contribution is 0.108. The fraction of sp³-hybridized carbons (Fsp3) is 0.0714. The van der Waals surface area contributed by atoms with Crippen molar-refractivity contribution in [1.82, 2.24) is 0 Å². The molecule has 2 aromatic rings. The zero-order valence-corrected chi connectivity index (χ0v) is 10.1. The summed E-state index contributed by atoms with van der Waals surface area (Å²) in [5.74, 6) is 0.641. The van der Waals surface area contributed by atoms with Crippen molar-refractivity contribution >= 4 is 16.8 Å². The van der Waals surface area contributed by atoms with Crippen molar-refractivity contribution in [2.75, 3.05) is 7.11 Å². The number of methoxy groups -OCH3 is 1. The maximum absolute atomic E-state index is 11.1. The van der Waals surface area contributed by atoms with Gasteiger partial charge in [0.15, 0.2) is 0 Å². The Balaban J connectivity index is 2.52. The molecule has 0 aromatic heterocycles. The number of carbonyl (C=O) groups is 1. The molecule has 3 heteroatoms. The highest BCUT2D eigenvalue weighted by atomic mass is 35.5. The summed E-state index contributed by atoms with van der Waals surface area (Å²) in [7, 11) is 1.57. The smallest absolute Gasteiger partial charge is 0.252 e. The van der Waals surface area contributed by atoms with Gasteiger partial charge < -0.3 is 4.74 Å². The average Bonchev–Trinajstić information content (AvgIpc) is 2.39. The first-order valence-corrected chi connectivity index (χ1v) is 5.53. The van der Waals surface area contributed by atoms with Gasteiger partial charge in [-0.2, -0.15) is 0 Å². The van der Waals surface area contributed by atoms with Gasteiger partial charge in [-0.3, -0.25) is 4.79 Å². The zero-order chi connectivity index (χ0) is 12.3. The highest BCUT2D eigenvalue weighted by Crippen LogP contribution is 2.30. The molecule has 0 saturated heterocycles. The summed E-state index contributed by atoms with van der Waals surface area (Å²) < 4.78 is 5.28. The Bertz CT molecular complexity index is 535. The lowest BCUT2D eigenvalue weighted by Crippen LogP contribution is -1.93. The Morgan fingerprint density at radius 3 is 2.41 bits per heavy atom. The van der Waals surface area contributed by atoms with Gasteiger partial charge in [-0.15, -0.1) is 0 Å². The molecule has 0 aliphatic carbocycles. The molecular formula is C14H11ClO2. The molecule has 2 rings (SSSR count). The SMILES string of the molecule is COc1cc(C(=O)Cl)ccc1-c1ccccc1. The van der Waals surface area contributed by atoms with Crippen LogP contribution in [-0.2, 0) is 0 Å². The Hall–Kier alpha value is -1.80. The van der Waals surface area contributed by atoms with Gasteiger partial charge >= 0.3 is 0 Å². The molecule has 0 unspecified atom stereocenters. The first kappa shape index (κ1) is 11.7. The lowest BCUT2D eigenvalue weighted by Gasteiger charge is -2.09. The highest BCUT2D eigenvalue weighted by molar-refractivity contribution is 6.67. The topological polar surface area (TPSA) is 26.3 Å². The lowest BCUT2D eigenvalue weighted by atomic mass is 10.0. The largest absolute Gasteiger partial charge is 0.496 e. The number of ether oxygens (including phenoxy) is 1. The van der Waals surface area contributed by atoms with Crippen LogP contribution in [0.1, 0.15) is 10.4 Å². The van der Waals surface area contributed by atoms with Crippen molar-refractivity contribution in [3.63, 3.8) is 0 Å². The molecule has 0 atom stereocenters. The van der Waals surface area contributed by atoms with Gasteiger partial charge in [0.25, 0.3) is 5.24 Å². The highest BCUT2D eigenvalue weighted by Gasteiger charge is 2.09. The molecule has 0 radical (unpaired) electrons. The predicted molar refractivity (Wildman–Crippen MR) is 68.6 cm³/mol. The molecule has 0 fully saturated rings. The molecule has 2 nitrogen and oxygen atoms in total. The molecule has 0 bridgehead atoms. The molecule has 86 valence electrons. The molecule has 2 aromatic carbocycles. The minimum Gasteiger partial charge on any atom is -0.496 e. The number of hydrogen-bond donors (Lipinski definition) is 0. The fourth-order valence-corrected chi connectivity index (χ4v) is 1.79. The summed E-state index contributed by atoms with van der Waals surface area (Å²) >= 11 is 5.44. The summed E-state index contributed by atoms with van der Waals surface area (Å²) in [5.41, 5.74) is 2.41.